The molecule has 6 nitrogen and oxygen atoms in total. The highest BCUT2D eigenvalue weighted by atomic mass is 16.5. The molecule has 21 heavy (non-hydrogen) atoms. The van der Waals surface area contributed by atoms with Crippen LogP contribution in [0.2, 0.25) is 0 Å². The van der Waals surface area contributed by atoms with E-state index in [1.54, 1.807) is 0 Å². The second kappa shape index (κ2) is 6.04. The van der Waals surface area contributed by atoms with E-state index >= 15 is 0 Å². The zero-order chi connectivity index (χ0) is 15.0. The third-order valence-corrected chi connectivity index (χ3v) is 4.56. The van der Waals surface area contributed by atoms with E-state index in [9.17, 15) is 5.11 Å². The molecule has 118 valence electrons. The minimum absolute atomic E-state index is 0.248. The van der Waals surface area contributed by atoms with Gasteiger partial charge in [0.2, 0.25) is 0 Å². The van der Waals surface area contributed by atoms with Gasteiger partial charge in [-0.1, -0.05) is 5.16 Å². The van der Waals surface area contributed by atoms with Crippen molar-refractivity contribution in [3.63, 3.8) is 0 Å². The fourth-order valence-electron chi connectivity index (χ4n) is 3.48. The first kappa shape index (κ1) is 15.0. The second-order valence-corrected chi connectivity index (χ2v) is 6.32. The fourth-order valence-corrected chi connectivity index (χ4v) is 3.48. The largest absolute Gasteiger partial charge is 0.392 e. The Morgan fingerprint density at radius 3 is 2.86 bits per heavy atom. The molecule has 1 aromatic heterocycles. The average Bonchev–Trinajstić information content (AvgIpc) is 2.96. The number of morpholine rings is 1. The number of likely N-dealkylation sites (tertiary alicyclic amines) is 1. The van der Waals surface area contributed by atoms with E-state index in [1.165, 1.54) is 5.56 Å². The maximum Gasteiger partial charge on any atom is 0.138 e. The van der Waals surface area contributed by atoms with Crippen molar-refractivity contribution < 1.29 is 14.4 Å². The van der Waals surface area contributed by atoms with Crippen LogP contribution in [0.25, 0.3) is 0 Å². The molecule has 1 unspecified atom stereocenters. The zero-order valence-electron chi connectivity index (χ0n) is 13.1. The Morgan fingerprint density at radius 2 is 2.19 bits per heavy atom. The maximum absolute atomic E-state index is 9.58. The predicted molar refractivity (Wildman–Crippen MR) is 78.0 cm³/mol. The topological polar surface area (TPSA) is 62.0 Å². The van der Waals surface area contributed by atoms with Crippen LogP contribution in [0.5, 0.6) is 0 Å². The Kier molecular flexibility index (Phi) is 4.31. The summed E-state index contributed by atoms with van der Waals surface area (Å²) in [6, 6.07) is 0.395. The molecule has 0 aromatic carbocycles. The lowest BCUT2D eigenvalue weighted by Crippen LogP contribution is -2.50. The van der Waals surface area contributed by atoms with Crippen LogP contribution < -0.4 is 0 Å². The normalized spacial score (nSPS) is 28.8. The molecule has 2 saturated heterocycles. The number of aryl methyl sites for hydroxylation is 2. The molecule has 0 bridgehead atoms. The Balaban J connectivity index is 1.69. The maximum atomic E-state index is 9.58. The van der Waals surface area contributed by atoms with Gasteiger partial charge in [0.1, 0.15) is 5.76 Å². The number of hydrogen-bond acceptors (Lipinski definition) is 6. The van der Waals surface area contributed by atoms with Crippen molar-refractivity contribution in [1.82, 2.24) is 15.0 Å². The standard InChI is InChI=1S/C15H25N3O3/c1-10(19)6-17-8-14-15(9-17)20-5-4-18(14)7-13-11(2)16-21-12(13)3/h10,14-15,19H,4-9H2,1-3H3/t10?,14-,15-/m0/s1. The van der Waals surface area contributed by atoms with E-state index in [0.717, 1.165) is 50.8 Å². The van der Waals surface area contributed by atoms with Crippen molar-refractivity contribution in [2.75, 3.05) is 32.8 Å². The first-order chi connectivity index (χ1) is 10.0. The highest BCUT2D eigenvalue weighted by Crippen LogP contribution is 2.26. The molecule has 6 heteroatoms. The summed E-state index contributed by atoms with van der Waals surface area (Å²) in [5.41, 5.74) is 2.18. The van der Waals surface area contributed by atoms with Gasteiger partial charge < -0.3 is 14.4 Å². The molecular weight excluding hydrogens is 270 g/mol. The molecule has 2 aliphatic heterocycles. The van der Waals surface area contributed by atoms with Crippen LogP contribution in [0.1, 0.15) is 23.9 Å². The average molecular weight is 295 g/mol. The molecule has 0 saturated carbocycles. The first-order valence-corrected chi connectivity index (χ1v) is 7.72. The number of aromatic nitrogens is 1. The van der Waals surface area contributed by atoms with Crippen LogP contribution in [0.3, 0.4) is 0 Å². The summed E-state index contributed by atoms with van der Waals surface area (Å²) in [7, 11) is 0. The van der Waals surface area contributed by atoms with Crippen LogP contribution in [-0.2, 0) is 11.3 Å². The summed E-state index contributed by atoms with van der Waals surface area (Å²) in [5.74, 6) is 0.911. The van der Waals surface area contributed by atoms with Crippen molar-refractivity contribution in [3.8, 4) is 0 Å². The molecule has 3 heterocycles. The summed E-state index contributed by atoms with van der Waals surface area (Å²) in [5, 5.41) is 13.6. The van der Waals surface area contributed by atoms with Crippen molar-refractivity contribution >= 4 is 0 Å². The number of β-amino-alcohol motifs (C(OH)–C–C–N with tert-alkyl or cyclic N) is 1. The highest BCUT2D eigenvalue weighted by Gasteiger charge is 2.40. The summed E-state index contributed by atoms with van der Waals surface area (Å²) >= 11 is 0. The lowest BCUT2D eigenvalue weighted by atomic mass is 10.1. The summed E-state index contributed by atoms with van der Waals surface area (Å²) < 4.78 is 11.2. The number of rotatable bonds is 4. The van der Waals surface area contributed by atoms with Gasteiger partial charge in [-0.3, -0.25) is 9.80 Å². The molecule has 3 atom stereocenters. The molecule has 0 aliphatic carbocycles. The van der Waals surface area contributed by atoms with E-state index in [-0.39, 0.29) is 12.2 Å². The lowest BCUT2D eigenvalue weighted by molar-refractivity contribution is -0.0506. The third kappa shape index (κ3) is 3.13. The molecule has 0 amide bonds. The van der Waals surface area contributed by atoms with Gasteiger partial charge in [0.15, 0.2) is 0 Å². The Morgan fingerprint density at radius 1 is 1.38 bits per heavy atom. The van der Waals surface area contributed by atoms with E-state index in [0.29, 0.717) is 6.04 Å². The van der Waals surface area contributed by atoms with Crippen molar-refractivity contribution in [1.29, 1.82) is 0 Å². The van der Waals surface area contributed by atoms with E-state index < -0.39 is 0 Å². The number of nitrogens with zero attached hydrogens (tertiary/aromatic N) is 3. The van der Waals surface area contributed by atoms with Gasteiger partial charge in [-0.2, -0.15) is 0 Å². The van der Waals surface area contributed by atoms with Crippen molar-refractivity contribution in [3.05, 3.63) is 17.0 Å². The summed E-state index contributed by atoms with van der Waals surface area (Å²) in [4.78, 5) is 4.77. The number of fused-ring (bicyclic) bond motifs is 1. The molecule has 0 spiro atoms. The Bertz CT molecular complexity index is 469. The SMILES string of the molecule is Cc1noc(C)c1CN1CCO[C@H]2CN(CC(C)O)C[C@@H]21. The predicted octanol–water partition coefficient (Wildman–Crippen LogP) is 0.557. The van der Waals surface area contributed by atoms with Crippen molar-refractivity contribution in [2.45, 2.75) is 45.6 Å². The van der Waals surface area contributed by atoms with Crippen molar-refractivity contribution in [2.24, 2.45) is 0 Å². The minimum Gasteiger partial charge on any atom is -0.392 e. The van der Waals surface area contributed by atoms with Crippen LogP contribution in [0.4, 0.5) is 0 Å². The number of ether oxygens (including phenoxy) is 1. The zero-order valence-corrected chi connectivity index (χ0v) is 13.1. The Labute approximate surface area is 125 Å². The van der Waals surface area contributed by atoms with Crippen LogP contribution in [0, 0.1) is 13.8 Å². The fraction of sp³-hybridized carbons (Fsp3) is 0.800. The molecule has 2 fully saturated rings. The minimum atomic E-state index is -0.291. The lowest BCUT2D eigenvalue weighted by Gasteiger charge is -2.36. The van der Waals surface area contributed by atoms with E-state index in [1.807, 2.05) is 20.8 Å². The van der Waals surface area contributed by atoms with Gasteiger partial charge >= 0.3 is 0 Å². The molecular formula is C15H25N3O3. The van der Waals surface area contributed by atoms with Gasteiger partial charge in [-0.15, -0.1) is 0 Å². The summed E-state index contributed by atoms with van der Waals surface area (Å²) in [6.07, 6.45) is -0.0425. The molecule has 1 aromatic rings. The molecule has 3 rings (SSSR count). The first-order valence-electron chi connectivity index (χ1n) is 7.72. The molecule has 1 N–H and O–H groups in total. The van der Waals surface area contributed by atoms with Gasteiger partial charge in [-0.05, 0) is 20.8 Å². The summed E-state index contributed by atoms with van der Waals surface area (Å²) in [6.45, 7) is 11.0. The number of aliphatic hydroxyl groups is 1. The Hall–Kier alpha value is -0.950. The monoisotopic (exact) mass is 295 g/mol. The van der Waals surface area contributed by atoms with Crippen LogP contribution in [0.15, 0.2) is 4.52 Å². The van der Waals surface area contributed by atoms with Crippen LogP contribution in [-0.4, -0.2) is 71.1 Å². The third-order valence-electron chi connectivity index (χ3n) is 4.56. The second-order valence-electron chi connectivity index (χ2n) is 6.32. The number of hydrogen-bond donors (Lipinski definition) is 1. The van der Waals surface area contributed by atoms with E-state index in [2.05, 4.69) is 15.0 Å². The van der Waals surface area contributed by atoms with E-state index in [4.69, 9.17) is 9.26 Å². The highest BCUT2D eigenvalue weighted by molar-refractivity contribution is 5.21. The molecule has 2 aliphatic rings. The van der Waals surface area contributed by atoms with Gasteiger partial charge in [-0.25, -0.2) is 0 Å². The smallest absolute Gasteiger partial charge is 0.138 e. The van der Waals surface area contributed by atoms with Crippen LogP contribution >= 0.6 is 0 Å². The quantitative estimate of drug-likeness (QED) is 0.875. The van der Waals surface area contributed by atoms with Gasteiger partial charge in [0.05, 0.1) is 30.6 Å². The molecule has 0 radical (unpaired) electrons. The number of aliphatic hydroxyl groups excluding tert-OH is 1. The van der Waals surface area contributed by atoms with Gasteiger partial charge in [0.25, 0.3) is 0 Å². The van der Waals surface area contributed by atoms with Gasteiger partial charge in [0, 0.05) is 38.3 Å².